The molecule has 0 spiro atoms. The van der Waals surface area contributed by atoms with Gasteiger partial charge < -0.3 is 10.3 Å². The zero-order valence-electron chi connectivity index (χ0n) is 17.6. The molecule has 0 radical (unpaired) electrons. The summed E-state index contributed by atoms with van der Waals surface area (Å²) in [4.78, 5) is 23.7. The Morgan fingerprint density at radius 2 is 1.33 bits per heavy atom. The normalized spacial score (nSPS) is 24.1. The smallest absolute Gasteiger partial charge is 0.744 e. The van der Waals surface area contributed by atoms with Gasteiger partial charge in [0.05, 0.1) is 4.90 Å². The third kappa shape index (κ3) is 3.98. The van der Waals surface area contributed by atoms with Crippen molar-refractivity contribution in [3.63, 3.8) is 0 Å². The van der Waals surface area contributed by atoms with Crippen molar-refractivity contribution in [1.82, 2.24) is 0 Å². The molecular weight excluding hydrogens is 479 g/mol. The van der Waals surface area contributed by atoms with Gasteiger partial charge >= 0.3 is 29.6 Å². The largest absolute Gasteiger partial charge is 1.00 e. The molecule has 9 nitrogen and oxygen atoms in total. The van der Waals surface area contributed by atoms with E-state index >= 15 is 0 Å². The van der Waals surface area contributed by atoms with Gasteiger partial charge in [-0.3, -0.25) is 9.59 Å². The number of sulfonamides is 1. The molecule has 2 aromatic carbocycles. The molecule has 166 valence electrons. The van der Waals surface area contributed by atoms with Crippen molar-refractivity contribution in [2.75, 3.05) is 0 Å². The molecule has 2 aromatic rings. The van der Waals surface area contributed by atoms with Crippen molar-refractivity contribution in [2.45, 2.75) is 22.1 Å². The van der Waals surface area contributed by atoms with Gasteiger partial charge in [-0.1, -0.05) is 36.4 Å². The van der Waals surface area contributed by atoms with Crippen LogP contribution in [0.2, 0.25) is 0 Å². The Labute approximate surface area is 212 Å². The van der Waals surface area contributed by atoms with Gasteiger partial charge in [-0.2, -0.15) is 0 Å². The molecule has 0 bridgehead atoms. The molecule has 2 aliphatic rings. The molecule has 4 N–H and O–H groups in total. The molecule has 0 saturated heterocycles. The van der Waals surface area contributed by atoms with E-state index in [1.807, 2.05) is 0 Å². The molecule has 12 heteroatoms. The first-order valence-electron chi connectivity index (χ1n) is 9.23. The van der Waals surface area contributed by atoms with E-state index < -0.39 is 46.9 Å². The molecule has 0 aromatic heterocycles. The number of primary sulfonamides is 1. The molecule has 0 fully saturated rings. The molecule has 33 heavy (non-hydrogen) atoms. The van der Waals surface area contributed by atoms with Gasteiger partial charge in [0.1, 0.15) is 10.1 Å². The summed E-state index contributed by atoms with van der Waals surface area (Å²) in [5.41, 5.74) is 4.05. The van der Waals surface area contributed by atoms with E-state index in [-0.39, 0.29) is 57.4 Å². The average Bonchev–Trinajstić information content (AvgIpc) is 2.72. The maximum atomic E-state index is 13.4. The Morgan fingerprint density at radius 1 is 0.818 bits per heavy atom. The van der Waals surface area contributed by atoms with Crippen molar-refractivity contribution in [3.05, 3.63) is 88.5 Å². The number of allylic oxidation sites excluding steroid dienone is 2. The number of ketones is 2. The second kappa shape index (κ2) is 8.07. The van der Waals surface area contributed by atoms with Crippen molar-refractivity contribution in [1.29, 1.82) is 0 Å². The van der Waals surface area contributed by atoms with Crippen molar-refractivity contribution < 1.29 is 60.5 Å². The summed E-state index contributed by atoms with van der Waals surface area (Å²) in [6, 6.07) is 8.17. The minimum Gasteiger partial charge on any atom is -0.744 e. The Bertz CT molecular complexity index is 1480. The molecule has 2 aliphatic carbocycles. The van der Waals surface area contributed by atoms with E-state index in [4.69, 9.17) is 10.9 Å². The first kappa shape index (κ1) is 25.7. The van der Waals surface area contributed by atoms with Gasteiger partial charge in [0.25, 0.3) is 0 Å². The van der Waals surface area contributed by atoms with Crippen LogP contribution in [0.3, 0.4) is 0 Å². The Hall–Kier alpha value is -1.96. The maximum Gasteiger partial charge on any atom is 1.00 e. The standard InChI is InChI=1S/C21H18N2O7S2.Na/c1-20(8-10-21(22,11-9-20)32(23,29)30)17-15(31(26,27)28)7-6-14-16(17)19(25)13-5-3-2-4-12(13)18(14)24;/h2-11H,22H2,1H3,(H2,23,29,30)(H,26,27,28);/q;+1/p-1. The third-order valence-corrected chi connectivity index (χ3v) is 7.87. The van der Waals surface area contributed by atoms with E-state index in [2.05, 4.69) is 0 Å². The number of fused-ring (bicyclic) bond motifs is 2. The van der Waals surface area contributed by atoms with E-state index in [0.717, 1.165) is 24.3 Å². The molecule has 0 unspecified atom stereocenters. The maximum absolute atomic E-state index is 13.4. The topological polar surface area (TPSA) is 178 Å². The fourth-order valence-corrected chi connectivity index (χ4v) is 5.31. The average molecular weight is 496 g/mol. The fourth-order valence-electron chi connectivity index (χ4n) is 3.98. The summed E-state index contributed by atoms with van der Waals surface area (Å²) < 4.78 is 60.0. The number of benzene rings is 2. The zero-order valence-corrected chi connectivity index (χ0v) is 21.2. The summed E-state index contributed by atoms with van der Waals surface area (Å²) in [5, 5.41) is 5.18. The molecule has 4 rings (SSSR count). The van der Waals surface area contributed by atoms with Crippen LogP contribution in [-0.2, 0) is 25.6 Å². The Morgan fingerprint density at radius 3 is 1.82 bits per heavy atom. The first-order valence-corrected chi connectivity index (χ1v) is 12.2. The quantitative estimate of drug-likeness (QED) is 0.231. The van der Waals surface area contributed by atoms with E-state index in [1.54, 1.807) is 12.1 Å². The summed E-state index contributed by atoms with van der Waals surface area (Å²) >= 11 is 0. The summed E-state index contributed by atoms with van der Waals surface area (Å²) in [7, 11) is -9.36. The number of carbonyl (C=O) groups is 2. The fraction of sp³-hybridized carbons (Fsp3) is 0.143. The van der Waals surface area contributed by atoms with Crippen molar-refractivity contribution in [3.8, 4) is 0 Å². The van der Waals surface area contributed by atoms with Gasteiger partial charge in [-0.05, 0) is 36.8 Å². The molecule has 0 heterocycles. The number of hydrogen-bond acceptors (Lipinski definition) is 8. The van der Waals surface area contributed by atoms with Gasteiger partial charge in [0, 0.05) is 27.7 Å². The molecular formula is C21H17N2NaO7S2. The third-order valence-electron chi connectivity index (χ3n) is 5.74. The number of rotatable bonds is 3. The van der Waals surface area contributed by atoms with Gasteiger partial charge in [-0.15, -0.1) is 0 Å². The SMILES string of the molecule is CC1(c2c(S(=O)(=O)[O-])ccc3c2C(=O)c2ccccc2C3=O)C=CC(N)(S(N)(=O)=O)C=C1.[Na+]. The van der Waals surface area contributed by atoms with Crippen molar-refractivity contribution in [2.24, 2.45) is 10.9 Å². The van der Waals surface area contributed by atoms with Crippen LogP contribution in [0.25, 0.3) is 0 Å². The van der Waals surface area contributed by atoms with Gasteiger partial charge in [0.2, 0.25) is 10.0 Å². The second-order valence-electron chi connectivity index (χ2n) is 7.87. The molecule has 0 atom stereocenters. The van der Waals surface area contributed by atoms with Crippen LogP contribution in [0.1, 0.15) is 44.3 Å². The minimum atomic E-state index is -5.09. The van der Waals surface area contributed by atoms with Gasteiger partial charge in [0.15, 0.2) is 16.4 Å². The number of hydrogen-bond donors (Lipinski definition) is 2. The predicted molar refractivity (Wildman–Crippen MR) is 113 cm³/mol. The van der Waals surface area contributed by atoms with Crippen LogP contribution in [-0.4, -0.2) is 37.8 Å². The van der Waals surface area contributed by atoms with Crippen LogP contribution in [0.5, 0.6) is 0 Å². The van der Waals surface area contributed by atoms with E-state index in [0.29, 0.717) is 0 Å². The Balaban J connectivity index is 0.00000306. The van der Waals surface area contributed by atoms with Crippen LogP contribution < -0.4 is 40.4 Å². The van der Waals surface area contributed by atoms with Gasteiger partial charge in [-0.25, -0.2) is 22.0 Å². The van der Waals surface area contributed by atoms with Crippen LogP contribution >= 0.6 is 0 Å². The minimum absolute atomic E-state index is 0. The second-order valence-corrected chi connectivity index (χ2v) is 11.0. The zero-order chi connectivity index (χ0) is 23.7. The monoisotopic (exact) mass is 496 g/mol. The van der Waals surface area contributed by atoms with Crippen LogP contribution in [0, 0.1) is 0 Å². The van der Waals surface area contributed by atoms with Crippen molar-refractivity contribution >= 4 is 31.7 Å². The predicted octanol–water partition coefficient (Wildman–Crippen LogP) is -2.30. The van der Waals surface area contributed by atoms with Crippen LogP contribution in [0.15, 0.2) is 65.6 Å². The van der Waals surface area contributed by atoms with Crippen LogP contribution in [0.4, 0.5) is 0 Å². The first-order chi connectivity index (χ1) is 14.7. The molecule has 0 amide bonds. The summed E-state index contributed by atoms with van der Waals surface area (Å²) in [6.07, 6.45) is 4.60. The number of nitrogens with two attached hydrogens (primary N) is 2. The Kier molecular flexibility index (Phi) is 6.27. The van der Waals surface area contributed by atoms with E-state index in [1.165, 1.54) is 31.2 Å². The molecule has 0 aliphatic heterocycles. The number of carbonyl (C=O) groups excluding carboxylic acids is 2. The summed E-state index contributed by atoms with van der Waals surface area (Å²) in [6.45, 7) is 1.46. The van der Waals surface area contributed by atoms with E-state index in [9.17, 15) is 31.0 Å². The summed E-state index contributed by atoms with van der Waals surface area (Å²) in [5.74, 6) is -1.13. The molecule has 0 saturated carbocycles.